The number of hydrogen-bond donors (Lipinski definition) is 1. The lowest BCUT2D eigenvalue weighted by molar-refractivity contribution is -0.137. The molecule has 10 heteroatoms. The molecule has 0 aliphatic carbocycles. The number of nitrogens with zero attached hydrogens (tertiary/aromatic N) is 5. The molecule has 2 heterocycles. The average Bonchev–Trinajstić information content (AvgIpc) is 3.10. The van der Waals surface area contributed by atoms with Crippen molar-refractivity contribution in [1.29, 1.82) is 0 Å². The predicted molar refractivity (Wildman–Crippen MR) is 99.1 cm³/mol. The van der Waals surface area contributed by atoms with Crippen molar-refractivity contribution in [2.24, 2.45) is 4.99 Å². The summed E-state index contributed by atoms with van der Waals surface area (Å²) in [6.45, 7) is 7.21. The lowest BCUT2D eigenvalue weighted by atomic mass is 10.1. The minimum Gasteiger partial charge on any atom is -0.368 e. The maximum atomic E-state index is 12.9. The summed E-state index contributed by atoms with van der Waals surface area (Å²) < 4.78 is 43.8. The first-order valence-corrected chi connectivity index (χ1v) is 9.11. The molecule has 152 valence electrons. The molecule has 0 saturated carbocycles. The molecule has 3 rings (SSSR count). The summed E-state index contributed by atoms with van der Waals surface area (Å²) in [5.41, 5.74) is -0.0450. The Morgan fingerprint density at radius 2 is 2.00 bits per heavy atom. The fourth-order valence-electron chi connectivity index (χ4n) is 3.03. The molecule has 1 aliphatic heterocycles. The molecule has 2 aromatic rings. The number of aryl methyl sites for hydroxylation is 1. The number of aliphatic imine (C=N–C) groups is 1. The normalized spacial score (nSPS) is 15.8. The second kappa shape index (κ2) is 8.49. The maximum Gasteiger partial charge on any atom is 0.416 e. The zero-order chi connectivity index (χ0) is 20.1. The van der Waals surface area contributed by atoms with Crippen molar-refractivity contribution in [3.8, 4) is 0 Å². The van der Waals surface area contributed by atoms with Gasteiger partial charge in [-0.25, -0.2) is 4.99 Å². The number of hydrogen-bond acceptors (Lipinski definition) is 5. The van der Waals surface area contributed by atoms with Crippen LogP contribution < -0.4 is 10.2 Å². The highest BCUT2D eigenvalue weighted by Crippen LogP contribution is 2.31. The van der Waals surface area contributed by atoms with Gasteiger partial charge in [-0.2, -0.15) is 18.2 Å². The van der Waals surface area contributed by atoms with E-state index in [4.69, 9.17) is 4.52 Å². The number of guanidine groups is 1. The van der Waals surface area contributed by atoms with Gasteiger partial charge in [0, 0.05) is 45.3 Å². The number of aromatic nitrogens is 2. The molecule has 1 saturated heterocycles. The van der Waals surface area contributed by atoms with Crippen LogP contribution in [0.3, 0.4) is 0 Å². The molecule has 1 fully saturated rings. The number of halogens is 3. The second-order valence-corrected chi connectivity index (χ2v) is 6.42. The summed E-state index contributed by atoms with van der Waals surface area (Å²) in [6.07, 6.45) is -4.34. The number of rotatable bonds is 4. The molecule has 0 bridgehead atoms. The molecule has 1 N–H and O–H groups in total. The number of piperazine rings is 1. The monoisotopic (exact) mass is 396 g/mol. The van der Waals surface area contributed by atoms with Crippen LogP contribution in [0.15, 0.2) is 33.8 Å². The number of alkyl halides is 3. The summed E-state index contributed by atoms with van der Waals surface area (Å²) in [7, 11) is 0. The van der Waals surface area contributed by atoms with E-state index in [2.05, 4.69) is 25.3 Å². The molecule has 0 atom stereocenters. The number of benzene rings is 1. The Balaban J connectivity index is 1.64. The van der Waals surface area contributed by atoms with Gasteiger partial charge in [0.05, 0.1) is 5.56 Å². The molecule has 0 amide bonds. The summed E-state index contributed by atoms with van der Waals surface area (Å²) in [5, 5.41) is 7.07. The van der Waals surface area contributed by atoms with Crippen LogP contribution in [0.4, 0.5) is 18.9 Å². The topological polar surface area (TPSA) is 69.8 Å². The minimum absolute atomic E-state index is 0.299. The molecule has 1 aliphatic rings. The van der Waals surface area contributed by atoms with Gasteiger partial charge in [-0.15, -0.1) is 0 Å². The Kier molecular flexibility index (Phi) is 6.05. The average molecular weight is 396 g/mol. The van der Waals surface area contributed by atoms with Gasteiger partial charge >= 0.3 is 6.18 Å². The number of anilines is 1. The van der Waals surface area contributed by atoms with Crippen LogP contribution in [0.25, 0.3) is 0 Å². The van der Waals surface area contributed by atoms with Crippen molar-refractivity contribution in [2.75, 3.05) is 37.6 Å². The van der Waals surface area contributed by atoms with Crippen LogP contribution in [-0.4, -0.2) is 53.7 Å². The Bertz CT molecular complexity index is 812. The fraction of sp³-hybridized carbons (Fsp3) is 0.500. The Hall–Kier alpha value is -2.78. The van der Waals surface area contributed by atoms with E-state index in [9.17, 15) is 13.2 Å². The zero-order valence-corrected chi connectivity index (χ0v) is 15.8. The lowest BCUT2D eigenvalue weighted by Crippen LogP contribution is -2.52. The highest BCUT2D eigenvalue weighted by molar-refractivity contribution is 5.80. The van der Waals surface area contributed by atoms with Crippen LogP contribution in [0.2, 0.25) is 0 Å². The van der Waals surface area contributed by atoms with Crippen LogP contribution >= 0.6 is 0 Å². The van der Waals surface area contributed by atoms with Gasteiger partial charge in [0.15, 0.2) is 11.8 Å². The van der Waals surface area contributed by atoms with E-state index in [1.807, 2.05) is 11.8 Å². The minimum atomic E-state index is -4.34. The first-order chi connectivity index (χ1) is 13.4. The Labute approximate surface area is 161 Å². The standard InChI is InChI=1S/C18H23F3N6O/c1-3-22-17(23-12-16-24-13(2)28-25-16)27-9-7-26(8-10-27)15-6-4-5-14(11-15)18(19,20)21/h4-6,11H,3,7-10,12H2,1-2H3,(H,22,23). The smallest absolute Gasteiger partial charge is 0.368 e. The molecule has 7 nitrogen and oxygen atoms in total. The summed E-state index contributed by atoms with van der Waals surface area (Å²) in [6, 6.07) is 5.45. The van der Waals surface area contributed by atoms with E-state index >= 15 is 0 Å². The first-order valence-electron chi connectivity index (χ1n) is 9.11. The maximum absolute atomic E-state index is 12.9. The van der Waals surface area contributed by atoms with E-state index in [0.29, 0.717) is 56.7 Å². The van der Waals surface area contributed by atoms with E-state index in [0.717, 1.165) is 12.0 Å². The van der Waals surface area contributed by atoms with Crippen LogP contribution in [0.5, 0.6) is 0 Å². The molecule has 0 unspecified atom stereocenters. The van der Waals surface area contributed by atoms with Gasteiger partial charge in [-0.3, -0.25) is 0 Å². The van der Waals surface area contributed by atoms with Gasteiger partial charge in [-0.05, 0) is 25.1 Å². The molecule has 28 heavy (non-hydrogen) atoms. The molecular weight excluding hydrogens is 373 g/mol. The van der Waals surface area contributed by atoms with Gasteiger partial charge in [0.25, 0.3) is 0 Å². The zero-order valence-electron chi connectivity index (χ0n) is 15.8. The molecular formula is C18H23F3N6O. The molecule has 0 spiro atoms. The molecule has 1 aromatic carbocycles. The van der Waals surface area contributed by atoms with Gasteiger partial charge in [0.1, 0.15) is 6.54 Å². The third-order valence-electron chi connectivity index (χ3n) is 4.39. The Morgan fingerprint density at radius 1 is 1.25 bits per heavy atom. The van der Waals surface area contributed by atoms with Crippen LogP contribution in [0, 0.1) is 6.92 Å². The number of nitrogens with one attached hydrogen (secondary N) is 1. The van der Waals surface area contributed by atoms with Gasteiger partial charge in [0.2, 0.25) is 5.89 Å². The van der Waals surface area contributed by atoms with Crippen molar-refractivity contribution in [2.45, 2.75) is 26.6 Å². The van der Waals surface area contributed by atoms with Crippen LogP contribution in [0.1, 0.15) is 24.2 Å². The van der Waals surface area contributed by atoms with E-state index in [1.165, 1.54) is 12.1 Å². The van der Waals surface area contributed by atoms with Crippen molar-refractivity contribution < 1.29 is 17.7 Å². The van der Waals surface area contributed by atoms with Crippen LogP contribution in [-0.2, 0) is 12.7 Å². The highest BCUT2D eigenvalue weighted by atomic mass is 19.4. The molecule has 0 radical (unpaired) electrons. The predicted octanol–water partition coefficient (Wildman–Crippen LogP) is 2.68. The van der Waals surface area contributed by atoms with E-state index in [1.54, 1.807) is 13.0 Å². The molecule has 1 aromatic heterocycles. The lowest BCUT2D eigenvalue weighted by Gasteiger charge is -2.37. The largest absolute Gasteiger partial charge is 0.416 e. The SMILES string of the molecule is CCNC(=NCc1noc(C)n1)N1CCN(c2cccc(C(F)(F)F)c2)CC1. The third kappa shape index (κ3) is 4.93. The van der Waals surface area contributed by atoms with Crippen molar-refractivity contribution in [3.05, 3.63) is 41.5 Å². The van der Waals surface area contributed by atoms with Crippen molar-refractivity contribution in [1.82, 2.24) is 20.4 Å². The fourth-order valence-corrected chi connectivity index (χ4v) is 3.03. The highest BCUT2D eigenvalue weighted by Gasteiger charge is 2.31. The third-order valence-corrected chi connectivity index (χ3v) is 4.39. The van der Waals surface area contributed by atoms with Crippen molar-refractivity contribution >= 4 is 11.6 Å². The second-order valence-electron chi connectivity index (χ2n) is 6.42. The quantitative estimate of drug-likeness (QED) is 0.633. The first kappa shape index (κ1) is 20.0. The van der Waals surface area contributed by atoms with Gasteiger partial charge in [-0.1, -0.05) is 11.2 Å². The Morgan fingerprint density at radius 3 is 2.61 bits per heavy atom. The van der Waals surface area contributed by atoms with Gasteiger partial charge < -0.3 is 19.6 Å². The summed E-state index contributed by atoms with van der Waals surface area (Å²) in [5.74, 6) is 1.73. The summed E-state index contributed by atoms with van der Waals surface area (Å²) >= 11 is 0. The van der Waals surface area contributed by atoms with Crippen molar-refractivity contribution in [3.63, 3.8) is 0 Å². The van der Waals surface area contributed by atoms with E-state index < -0.39 is 11.7 Å². The summed E-state index contributed by atoms with van der Waals surface area (Å²) in [4.78, 5) is 12.7. The van der Waals surface area contributed by atoms with E-state index in [-0.39, 0.29) is 0 Å².